The van der Waals surface area contributed by atoms with E-state index in [4.69, 9.17) is 0 Å². The molecule has 0 radical (unpaired) electrons. The van der Waals surface area contributed by atoms with Gasteiger partial charge in [-0.15, -0.1) is 11.3 Å². The van der Waals surface area contributed by atoms with Gasteiger partial charge in [-0.1, -0.05) is 12.1 Å². The summed E-state index contributed by atoms with van der Waals surface area (Å²) in [6.45, 7) is 2.55. The van der Waals surface area contributed by atoms with Crippen LogP contribution in [0.2, 0.25) is 0 Å². The van der Waals surface area contributed by atoms with Gasteiger partial charge in [-0.25, -0.2) is 9.37 Å². The Kier molecular flexibility index (Phi) is 5.41. The predicted molar refractivity (Wildman–Crippen MR) is 83.2 cm³/mol. The molecule has 0 spiro atoms. The van der Waals surface area contributed by atoms with E-state index in [0.717, 1.165) is 16.1 Å². The van der Waals surface area contributed by atoms with Crippen LogP contribution in [0.25, 0.3) is 0 Å². The molecule has 0 atom stereocenters. The van der Waals surface area contributed by atoms with Gasteiger partial charge in [0, 0.05) is 24.3 Å². The van der Waals surface area contributed by atoms with Gasteiger partial charge in [-0.05, 0) is 31.7 Å². The number of rotatable bonds is 6. The summed E-state index contributed by atoms with van der Waals surface area (Å²) in [4.78, 5) is 17.1. The first kappa shape index (κ1) is 15.6. The van der Waals surface area contributed by atoms with Gasteiger partial charge in [0.05, 0.1) is 5.69 Å². The number of anilines is 1. The van der Waals surface area contributed by atoms with Gasteiger partial charge in [0.1, 0.15) is 5.82 Å². The molecule has 1 heterocycles. The lowest BCUT2D eigenvalue weighted by Crippen LogP contribution is -2.18. The summed E-state index contributed by atoms with van der Waals surface area (Å²) in [7, 11) is 1.81. The summed E-state index contributed by atoms with van der Waals surface area (Å²) >= 11 is 1.46. The molecule has 2 rings (SSSR count). The summed E-state index contributed by atoms with van der Waals surface area (Å²) < 4.78 is 12.9. The topological polar surface area (TPSA) is 54.0 Å². The van der Waals surface area contributed by atoms with E-state index in [1.165, 1.54) is 23.5 Å². The van der Waals surface area contributed by atoms with Gasteiger partial charge >= 0.3 is 0 Å². The summed E-state index contributed by atoms with van der Waals surface area (Å²) in [5.41, 5.74) is 1.92. The molecule has 21 heavy (non-hydrogen) atoms. The van der Waals surface area contributed by atoms with Gasteiger partial charge < -0.3 is 10.6 Å². The highest BCUT2D eigenvalue weighted by molar-refractivity contribution is 7.15. The molecule has 0 aliphatic rings. The van der Waals surface area contributed by atoms with Crippen molar-refractivity contribution in [1.82, 2.24) is 10.3 Å². The van der Waals surface area contributed by atoms with Crippen LogP contribution >= 0.6 is 11.3 Å². The molecule has 2 aromatic rings. The molecule has 1 aromatic carbocycles. The van der Waals surface area contributed by atoms with Crippen molar-refractivity contribution in [1.29, 1.82) is 0 Å². The summed E-state index contributed by atoms with van der Waals surface area (Å²) in [6.07, 6.45) is 1.11. The minimum absolute atomic E-state index is 0.0496. The molecule has 0 saturated carbocycles. The molecule has 2 N–H and O–H groups in total. The van der Waals surface area contributed by atoms with E-state index >= 15 is 0 Å². The number of aromatic nitrogens is 1. The number of thiazole rings is 1. The van der Waals surface area contributed by atoms with E-state index in [2.05, 4.69) is 15.6 Å². The zero-order valence-corrected chi connectivity index (χ0v) is 12.9. The lowest BCUT2D eigenvalue weighted by atomic mass is 10.1. The first-order chi connectivity index (χ1) is 10.1. The van der Waals surface area contributed by atoms with Crippen molar-refractivity contribution in [2.45, 2.75) is 19.8 Å². The van der Waals surface area contributed by atoms with Crippen LogP contribution in [0.4, 0.5) is 9.52 Å². The highest BCUT2D eigenvalue weighted by atomic mass is 32.1. The molecule has 0 fully saturated rings. The molecular weight excluding hydrogens is 289 g/mol. The van der Waals surface area contributed by atoms with Gasteiger partial charge in [-0.3, -0.25) is 4.79 Å². The number of hydrogen-bond donors (Lipinski definition) is 2. The number of nitrogens with zero attached hydrogens (tertiary/aromatic N) is 1. The first-order valence-corrected chi connectivity index (χ1v) is 7.55. The molecule has 0 saturated heterocycles. The van der Waals surface area contributed by atoms with Crippen molar-refractivity contribution < 1.29 is 9.18 Å². The molecule has 1 amide bonds. The minimum Gasteiger partial charge on any atom is -0.319 e. The molecule has 0 unspecified atom stereocenters. The maximum Gasteiger partial charge on any atom is 0.227 e. The maximum atomic E-state index is 12.9. The average molecular weight is 307 g/mol. The Morgan fingerprint density at radius 2 is 2.05 bits per heavy atom. The molecule has 6 heteroatoms. The number of hydrogen-bond acceptors (Lipinski definition) is 4. The van der Waals surface area contributed by atoms with Crippen molar-refractivity contribution >= 4 is 22.4 Å². The van der Waals surface area contributed by atoms with Crippen LogP contribution in [0.1, 0.15) is 22.6 Å². The third kappa shape index (κ3) is 4.61. The SMILES string of the molecule is CNCCC(=O)Nc1nc(C)c(Cc2ccc(F)cc2)s1. The summed E-state index contributed by atoms with van der Waals surface area (Å²) in [5, 5.41) is 6.35. The maximum absolute atomic E-state index is 12.9. The largest absolute Gasteiger partial charge is 0.319 e. The molecule has 0 bridgehead atoms. The van der Waals surface area contributed by atoms with Gasteiger partial charge in [0.15, 0.2) is 5.13 Å². The number of benzene rings is 1. The van der Waals surface area contributed by atoms with Crippen LogP contribution in [0.15, 0.2) is 24.3 Å². The normalized spacial score (nSPS) is 10.6. The van der Waals surface area contributed by atoms with Gasteiger partial charge in [0.25, 0.3) is 0 Å². The molecule has 112 valence electrons. The third-order valence-corrected chi connectivity index (χ3v) is 4.09. The van der Waals surface area contributed by atoms with Gasteiger partial charge in [-0.2, -0.15) is 0 Å². The Morgan fingerprint density at radius 3 is 2.71 bits per heavy atom. The highest BCUT2D eigenvalue weighted by Crippen LogP contribution is 2.25. The Hall–Kier alpha value is -1.79. The zero-order valence-electron chi connectivity index (χ0n) is 12.1. The first-order valence-electron chi connectivity index (χ1n) is 6.73. The zero-order chi connectivity index (χ0) is 15.2. The Labute approximate surface area is 127 Å². The molecule has 0 aliphatic carbocycles. The number of nitrogens with one attached hydrogen (secondary N) is 2. The van der Waals surface area contributed by atoms with Crippen LogP contribution < -0.4 is 10.6 Å². The molecule has 4 nitrogen and oxygen atoms in total. The fourth-order valence-electron chi connectivity index (χ4n) is 1.85. The summed E-state index contributed by atoms with van der Waals surface area (Å²) in [5.74, 6) is -0.288. The van der Waals surface area contributed by atoms with E-state index in [9.17, 15) is 9.18 Å². The number of halogens is 1. The second-order valence-electron chi connectivity index (χ2n) is 4.73. The van der Waals surface area contributed by atoms with Crippen LogP contribution in [-0.4, -0.2) is 24.5 Å². The van der Waals surface area contributed by atoms with E-state index in [0.29, 0.717) is 24.5 Å². The number of carbonyl (C=O) groups excluding carboxylic acids is 1. The third-order valence-electron chi connectivity index (χ3n) is 3.02. The Morgan fingerprint density at radius 1 is 1.33 bits per heavy atom. The standard InChI is InChI=1S/C15H18FN3OS/c1-10-13(9-11-3-5-12(16)6-4-11)21-15(18-10)19-14(20)7-8-17-2/h3-6,17H,7-9H2,1-2H3,(H,18,19,20). The van der Waals surface area contributed by atoms with E-state index < -0.39 is 0 Å². The quantitative estimate of drug-likeness (QED) is 0.863. The van der Waals surface area contributed by atoms with Crippen LogP contribution in [-0.2, 0) is 11.2 Å². The molecule has 0 aliphatic heterocycles. The van der Waals surface area contributed by atoms with E-state index in [-0.39, 0.29) is 11.7 Å². The lowest BCUT2D eigenvalue weighted by Gasteiger charge is -2.00. The smallest absolute Gasteiger partial charge is 0.227 e. The Balaban J connectivity index is 2.01. The van der Waals surface area contributed by atoms with Crippen molar-refractivity contribution in [2.24, 2.45) is 0 Å². The predicted octanol–water partition coefficient (Wildman–Crippen LogP) is 2.73. The number of aryl methyl sites for hydroxylation is 1. The number of carbonyl (C=O) groups is 1. The van der Waals surface area contributed by atoms with Gasteiger partial charge in [0.2, 0.25) is 5.91 Å². The second-order valence-corrected chi connectivity index (χ2v) is 5.82. The van der Waals surface area contributed by atoms with E-state index in [1.807, 2.05) is 14.0 Å². The monoisotopic (exact) mass is 307 g/mol. The van der Waals surface area contributed by atoms with Crippen molar-refractivity contribution in [3.05, 3.63) is 46.2 Å². The van der Waals surface area contributed by atoms with Crippen molar-refractivity contribution in [3.8, 4) is 0 Å². The summed E-state index contributed by atoms with van der Waals surface area (Å²) in [6, 6.07) is 6.43. The average Bonchev–Trinajstić information content (AvgIpc) is 2.79. The van der Waals surface area contributed by atoms with Crippen molar-refractivity contribution in [2.75, 3.05) is 18.9 Å². The minimum atomic E-state index is -0.239. The number of amides is 1. The van der Waals surface area contributed by atoms with E-state index in [1.54, 1.807) is 12.1 Å². The van der Waals surface area contributed by atoms with Crippen LogP contribution in [0, 0.1) is 12.7 Å². The fourth-order valence-corrected chi connectivity index (χ4v) is 2.87. The van der Waals surface area contributed by atoms with Crippen LogP contribution in [0.3, 0.4) is 0 Å². The fraction of sp³-hybridized carbons (Fsp3) is 0.333. The molecule has 1 aromatic heterocycles. The molecular formula is C15H18FN3OS. The Bertz CT molecular complexity index is 610. The highest BCUT2D eigenvalue weighted by Gasteiger charge is 2.10. The van der Waals surface area contributed by atoms with Crippen LogP contribution in [0.5, 0.6) is 0 Å². The lowest BCUT2D eigenvalue weighted by molar-refractivity contribution is -0.116. The second kappa shape index (κ2) is 7.28. The van der Waals surface area contributed by atoms with Crippen molar-refractivity contribution in [3.63, 3.8) is 0 Å².